The molecule has 0 radical (unpaired) electrons. The monoisotopic (exact) mass is 256 g/mol. The Morgan fingerprint density at radius 1 is 1.33 bits per heavy atom. The summed E-state index contributed by atoms with van der Waals surface area (Å²) in [6, 6.07) is 2.49. The maximum absolute atomic E-state index is 12.9. The van der Waals surface area contributed by atoms with Crippen LogP contribution in [0.25, 0.3) is 0 Å². The molecule has 2 unspecified atom stereocenters. The van der Waals surface area contributed by atoms with E-state index in [0.29, 0.717) is 6.07 Å². The van der Waals surface area contributed by atoms with Crippen LogP contribution >= 0.6 is 0 Å². The number of amides is 2. The van der Waals surface area contributed by atoms with Crippen LogP contribution in [0.4, 0.5) is 14.5 Å². The Hall–Kier alpha value is -2.02. The zero-order chi connectivity index (χ0) is 13.3. The molecule has 1 saturated heterocycles. The molecule has 7 heteroatoms. The van der Waals surface area contributed by atoms with Crippen molar-refractivity contribution in [1.82, 2.24) is 5.32 Å². The molecule has 2 atom stereocenters. The first-order valence-corrected chi connectivity index (χ1v) is 5.20. The van der Waals surface area contributed by atoms with E-state index in [-0.39, 0.29) is 12.2 Å². The van der Waals surface area contributed by atoms with E-state index >= 15 is 0 Å². The summed E-state index contributed by atoms with van der Waals surface area (Å²) in [4.78, 5) is 23.0. The van der Waals surface area contributed by atoms with Crippen molar-refractivity contribution in [2.75, 3.05) is 11.9 Å². The molecule has 0 spiro atoms. The van der Waals surface area contributed by atoms with Gasteiger partial charge < -0.3 is 15.7 Å². The van der Waals surface area contributed by atoms with Crippen LogP contribution in [0.15, 0.2) is 18.2 Å². The number of carbonyl (C=O) groups excluding carboxylic acids is 2. The summed E-state index contributed by atoms with van der Waals surface area (Å²) in [7, 11) is 0. The number of anilines is 1. The van der Waals surface area contributed by atoms with Gasteiger partial charge in [-0.05, 0) is 12.1 Å². The van der Waals surface area contributed by atoms with Gasteiger partial charge in [0, 0.05) is 18.3 Å². The van der Waals surface area contributed by atoms with Crippen LogP contribution in [0.5, 0.6) is 0 Å². The number of halogens is 2. The molecule has 96 valence electrons. The van der Waals surface area contributed by atoms with Gasteiger partial charge in [-0.1, -0.05) is 0 Å². The van der Waals surface area contributed by atoms with Crippen LogP contribution in [0.1, 0.15) is 0 Å². The van der Waals surface area contributed by atoms with Crippen LogP contribution in [0, 0.1) is 17.6 Å². The van der Waals surface area contributed by atoms with E-state index in [1.807, 2.05) is 0 Å². The van der Waals surface area contributed by atoms with E-state index < -0.39 is 35.5 Å². The molecule has 0 bridgehead atoms. The van der Waals surface area contributed by atoms with Crippen LogP contribution in [0.2, 0.25) is 0 Å². The highest BCUT2D eigenvalue weighted by Crippen LogP contribution is 2.17. The summed E-state index contributed by atoms with van der Waals surface area (Å²) < 4.78 is 25.8. The SMILES string of the molecule is O=C1NCC(O)C1C(=O)Nc1cc(F)cc(F)c1. The molecular formula is C11H10F2N2O3. The standard InChI is InChI=1S/C11H10F2N2O3/c12-5-1-6(13)3-7(2-5)15-11(18)9-8(16)4-14-10(9)17/h1-3,8-9,16H,4H2,(H,14,17)(H,15,18). The van der Waals surface area contributed by atoms with Crippen molar-refractivity contribution in [1.29, 1.82) is 0 Å². The van der Waals surface area contributed by atoms with Gasteiger partial charge in [0.25, 0.3) is 0 Å². The third-order valence-electron chi connectivity index (χ3n) is 2.57. The van der Waals surface area contributed by atoms with Gasteiger partial charge in [-0.3, -0.25) is 9.59 Å². The van der Waals surface area contributed by atoms with E-state index in [1.165, 1.54) is 0 Å². The molecule has 0 saturated carbocycles. The Morgan fingerprint density at radius 3 is 2.44 bits per heavy atom. The topological polar surface area (TPSA) is 78.4 Å². The Balaban J connectivity index is 2.13. The average Bonchev–Trinajstić information content (AvgIpc) is 2.56. The number of hydrogen-bond acceptors (Lipinski definition) is 3. The third kappa shape index (κ3) is 2.45. The van der Waals surface area contributed by atoms with Crippen LogP contribution in [0.3, 0.4) is 0 Å². The zero-order valence-corrected chi connectivity index (χ0v) is 9.11. The Kier molecular flexibility index (Phi) is 3.24. The predicted octanol–water partition coefficient (Wildman–Crippen LogP) is 0.0102. The van der Waals surface area contributed by atoms with Crippen molar-refractivity contribution in [3.8, 4) is 0 Å². The van der Waals surface area contributed by atoms with Gasteiger partial charge in [0.15, 0.2) is 0 Å². The fraction of sp³-hybridized carbons (Fsp3) is 0.273. The largest absolute Gasteiger partial charge is 0.390 e. The summed E-state index contributed by atoms with van der Waals surface area (Å²) in [5.74, 6) is -4.38. The molecule has 2 rings (SSSR count). The number of rotatable bonds is 2. The fourth-order valence-electron chi connectivity index (χ4n) is 1.75. The molecule has 18 heavy (non-hydrogen) atoms. The first kappa shape index (κ1) is 12.4. The molecule has 1 aromatic rings. The number of carbonyl (C=O) groups is 2. The summed E-state index contributed by atoms with van der Waals surface area (Å²) in [5.41, 5.74) is -0.107. The van der Waals surface area contributed by atoms with Gasteiger partial charge in [0.1, 0.15) is 17.6 Å². The zero-order valence-electron chi connectivity index (χ0n) is 9.11. The van der Waals surface area contributed by atoms with Crippen molar-refractivity contribution in [3.05, 3.63) is 29.8 Å². The van der Waals surface area contributed by atoms with Gasteiger partial charge in [-0.25, -0.2) is 8.78 Å². The predicted molar refractivity (Wildman–Crippen MR) is 57.5 cm³/mol. The molecule has 1 fully saturated rings. The lowest BCUT2D eigenvalue weighted by atomic mass is 10.0. The lowest BCUT2D eigenvalue weighted by Gasteiger charge is -2.12. The molecule has 2 amide bonds. The Morgan fingerprint density at radius 2 is 1.94 bits per heavy atom. The van der Waals surface area contributed by atoms with Gasteiger partial charge in [0.2, 0.25) is 11.8 Å². The van der Waals surface area contributed by atoms with Crippen molar-refractivity contribution in [2.45, 2.75) is 6.10 Å². The van der Waals surface area contributed by atoms with Gasteiger partial charge in [-0.15, -0.1) is 0 Å². The van der Waals surface area contributed by atoms with E-state index in [9.17, 15) is 23.5 Å². The summed E-state index contributed by atoms with van der Waals surface area (Å²) in [5, 5.41) is 13.9. The second kappa shape index (κ2) is 4.69. The summed E-state index contributed by atoms with van der Waals surface area (Å²) in [6.45, 7) is -0.0194. The maximum Gasteiger partial charge on any atom is 0.239 e. The number of aliphatic hydroxyl groups is 1. The normalized spacial score (nSPS) is 22.7. The minimum Gasteiger partial charge on any atom is -0.390 e. The lowest BCUT2D eigenvalue weighted by Crippen LogP contribution is -2.34. The smallest absolute Gasteiger partial charge is 0.239 e. The minimum absolute atomic E-state index is 0.0194. The van der Waals surface area contributed by atoms with Gasteiger partial charge in [0.05, 0.1) is 6.10 Å². The maximum atomic E-state index is 12.9. The van der Waals surface area contributed by atoms with Crippen LogP contribution in [-0.2, 0) is 9.59 Å². The molecule has 3 N–H and O–H groups in total. The number of hydrogen-bond donors (Lipinski definition) is 3. The van der Waals surface area contributed by atoms with Crippen molar-refractivity contribution in [2.24, 2.45) is 5.92 Å². The van der Waals surface area contributed by atoms with Gasteiger partial charge in [-0.2, -0.15) is 0 Å². The van der Waals surface area contributed by atoms with E-state index in [1.54, 1.807) is 0 Å². The number of benzene rings is 1. The molecule has 1 heterocycles. The van der Waals surface area contributed by atoms with Crippen molar-refractivity contribution >= 4 is 17.5 Å². The van der Waals surface area contributed by atoms with Crippen LogP contribution < -0.4 is 10.6 Å². The molecule has 1 aliphatic rings. The number of β-amino-alcohol motifs (C(OH)–C–C–N with tert-alkyl or cyclic N) is 1. The Labute approximate surface area is 101 Å². The number of aliphatic hydroxyl groups excluding tert-OH is 1. The molecule has 1 aromatic carbocycles. The highest BCUT2D eigenvalue weighted by molar-refractivity contribution is 6.08. The van der Waals surface area contributed by atoms with Crippen molar-refractivity contribution in [3.63, 3.8) is 0 Å². The molecule has 0 aromatic heterocycles. The first-order chi connectivity index (χ1) is 8.47. The van der Waals surface area contributed by atoms with Crippen molar-refractivity contribution < 1.29 is 23.5 Å². The fourth-order valence-corrected chi connectivity index (χ4v) is 1.75. The van der Waals surface area contributed by atoms with Gasteiger partial charge >= 0.3 is 0 Å². The second-order valence-corrected chi connectivity index (χ2v) is 3.94. The minimum atomic E-state index is -1.27. The van der Waals surface area contributed by atoms with E-state index in [4.69, 9.17) is 0 Å². The molecular weight excluding hydrogens is 246 g/mol. The van der Waals surface area contributed by atoms with Crippen LogP contribution in [-0.4, -0.2) is 29.6 Å². The first-order valence-electron chi connectivity index (χ1n) is 5.20. The van der Waals surface area contributed by atoms with E-state index in [0.717, 1.165) is 12.1 Å². The number of nitrogens with one attached hydrogen (secondary N) is 2. The average molecular weight is 256 g/mol. The summed E-state index contributed by atoms with van der Waals surface area (Å²) in [6.07, 6.45) is -1.14. The van der Waals surface area contributed by atoms with E-state index in [2.05, 4.69) is 10.6 Å². The third-order valence-corrected chi connectivity index (χ3v) is 2.57. The lowest BCUT2D eigenvalue weighted by molar-refractivity contribution is -0.132. The highest BCUT2D eigenvalue weighted by Gasteiger charge is 2.39. The second-order valence-electron chi connectivity index (χ2n) is 3.94. The Bertz CT molecular complexity index is 487. The molecule has 5 nitrogen and oxygen atoms in total. The quantitative estimate of drug-likeness (QED) is 0.652. The highest BCUT2D eigenvalue weighted by atomic mass is 19.1. The molecule has 1 aliphatic heterocycles. The molecule has 0 aliphatic carbocycles. The summed E-state index contributed by atoms with van der Waals surface area (Å²) >= 11 is 0.